The minimum Gasteiger partial charge on any atom is -0.380 e. The summed E-state index contributed by atoms with van der Waals surface area (Å²) in [6.45, 7) is 4.43. The third-order valence-corrected chi connectivity index (χ3v) is 4.43. The molecule has 7 nitrogen and oxygen atoms in total. The molecule has 1 amide bonds. The molecule has 3 rings (SSSR count). The summed E-state index contributed by atoms with van der Waals surface area (Å²) in [6, 6.07) is 2.93. The molecule has 1 aliphatic heterocycles. The number of aromatic amines is 2. The molecule has 0 radical (unpaired) electrons. The van der Waals surface area contributed by atoms with Gasteiger partial charge < -0.3 is 19.6 Å². The minimum absolute atomic E-state index is 0.0457. The van der Waals surface area contributed by atoms with Gasteiger partial charge in [0.25, 0.3) is 5.91 Å². The summed E-state index contributed by atoms with van der Waals surface area (Å²) in [4.78, 5) is 36.8. The molecule has 0 spiro atoms. The fourth-order valence-electron chi connectivity index (χ4n) is 3.08. The lowest BCUT2D eigenvalue weighted by atomic mass is 10.1. The summed E-state index contributed by atoms with van der Waals surface area (Å²) in [5, 5.41) is 0. The van der Waals surface area contributed by atoms with Crippen LogP contribution in [-0.4, -0.2) is 45.5 Å². The number of ether oxygens (including phenoxy) is 1. The molecule has 0 saturated carbocycles. The number of nitrogens with one attached hydrogen (secondary N) is 2. The van der Waals surface area contributed by atoms with Crippen LogP contribution in [0.4, 0.5) is 0 Å². The van der Waals surface area contributed by atoms with Gasteiger partial charge in [-0.15, -0.1) is 0 Å². The second kappa shape index (κ2) is 6.60. The number of hydrogen-bond donors (Lipinski definition) is 2. The highest BCUT2D eigenvalue weighted by Gasteiger charge is 2.38. The number of carbonyl (C=O) groups excluding carboxylic acids is 1. The quantitative estimate of drug-likeness (QED) is 0.894. The van der Waals surface area contributed by atoms with Gasteiger partial charge >= 0.3 is 0 Å². The van der Waals surface area contributed by atoms with E-state index in [9.17, 15) is 9.59 Å². The summed E-state index contributed by atoms with van der Waals surface area (Å²) in [7, 11) is 1.64. The number of hydrogen-bond acceptors (Lipinski definition) is 4. The second-order valence-corrected chi connectivity index (χ2v) is 6.38. The zero-order valence-corrected chi connectivity index (χ0v) is 14.1. The van der Waals surface area contributed by atoms with Crippen LogP contribution < -0.4 is 5.56 Å². The van der Waals surface area contributed by atoms with Gasteiger partial charge in [-0.05, 0) is 12.0 Å². The maximum atomic E-state index is 13.0. The van der Waals surface area contributed by atoms with Gasteiger partial charge in [0, 0.05) is 49.8 Å². The Hall–Kier alpha value is -2.41. The molecule has 1 unspecified atom stereocenters. The Morgan fingerprint density at radius 2 is 2.21 bits per heavy atom. The standard InChI is InChI=1S/C17H22N4O3/c1-10(2)13-6-11(7-15(22)20-13)17(23)21-9-12(24-3)8-14(21)16-18-4-5-19-16/h4-7,10,12,14H,8-9H2,1-3H3,(H,18,19)(H,20,22)/t12-,14?/m1/s1. The molecule has 0 aliphatic carbocycles. The first-order valence-electron chi connectivity index (χ1n) is 8.07. The molecule has 7 heteroatoms. The predicted octanol–water partition coefficient (Wildman–Crippen LogP) is 1.82. The van der Waals surface area contributed by atoms with E-state index in [2.05, 4.69) is 15.0 Å². The topological polar surface area (TPSA) is 91.1 Å². The highest BCUT2D eigenvalue weighted by atomic mass is 16.5. The highest BCUT2D eigenvalue weighted by molar-refractivity contribution is 5.94. The molecule has 3 heterocycles. The Morgan fingerprint density at radius 3 is 2.83 bits per heavy atom. The van der Waals surface area contributed by atoms with Crippen LogP contribution >= 0.6 is 0 Å². The van der Waals surface area contributed by atoms with E-state index in [1.165, 1.54) is 6.07 Å². The summed E-state index contributed by atoms with van der Waals surface area (Å²) < 4.78 is 5.44. The van der Waals surface area contributed by atoms with E-state index in [1.54, 1.807) is 30.5 Å². The summed E-state index contributed by atoms with van der Waals surface area (Å²) >= 11 is 0. The van der Waals surface area contributed by atoms with Gasteiger partial charge in [-0.2, -0.15) is 0 Å². The van der Waals surface area contributed by atoms with E-state index in [4.69, 9.17) is 4.74 Å². The zero-order valence-electron chi connectivity index (χ0n) is 14.1. The Kier molecular flexibility index (Phi) is 4.53. The van der Waals surface area contributed by atoms with Crippen molar-refractivity contribution in [3.8, 4) is 0 Å². The predicted molar refractivity (Wildman–Crippen MR) is 88.9 cm³/mol. The fraction of sp³-hybridized carbons (Fsp3) is 0.471. The van der Waals surface area contributed by atoms with Gasteiger partial charge in [0.1, 0.15) is 5.82 Å². The van der Waals surface area contributed by atoms with Crippen LogP contribution in [0.15, 0.2) is 29.3 Å². The largest absolute Gasteiger partial charge is 0.380 e. The van der Waals surface area contributed by atoms with E-state index >= 15 is 0 Å². The molecule has 2 aromatic heterocycles. The molecule has 2 aromatic rings. The number of methoxy groups -OCH3 is 1. The maximum absolute atomic E-state index is 13.0. The van der Waals surface area contributed by atoms with Crippen LogP contribution in [0.1, 0.15) is 54.1 Å². The summed E-state index contributed by atoms with van der Waals surface area (Å²) in [5.74, 6) is 0.692. The normalized spacial score (nSPS) is 20.8. The van der Waals surface area contributed by atoms with Crippen LogP contribution in [0.3, 0.4) is 0 Å². The molecule has 2 atom stereocenters. The molecule has 24 heavy (non-hydrogen) atoms. The Balaban J connectivity index is 1.94. The molecule has 2 N–H and O–H groups in total. The number of imidazole rings is 1. The van der Waals surface area contributed by atoms with Crippen molar-refractivity contribution in [2.24, 2.45) is 0 Å². The molecule has 128 valence electrons. The van der Waals surface area contributed by atoms with E-state index < -0.39 is 0 Å². The number of amides is 1. The van der Waals surface area contributed by atoms with Crippen molar-refractivity contribution in [3.63, 3.8) is 0 Å². The number of aromatic nitrogens is 3. The first kappa shape index (κ1) is 16.4. The number of carbonyl (C=O) groups is 1. The molecule has 1 fully saturated rings. The van der Waals surface area contributed by atoms with Crippen molar-refractivity contribution in [2.45, 2.75) is 38.3 Å². The molecule has 1 saturated heterocycles. The van der Waals surface area contributed by atoms with Crippen molar-refractivity contribution in [1.82, 2.24) is 19.9 Å². The van der Waals surface area contributed by atoms with E-state index in [1.807, 2.05) is 13.8 Å². The Bertz CT molecular complexity index is 766. The summed E-state index contributed by atoms with van der Waals surface area (Å²) in [6.07, 6.45) is 4.04. The van der Waals surface area contributed by atoms with Crippen molar-refractivity contribution in [3.05, 3.63) is 52.0 Å². The van der Waals surface area contributed by atoms with Crippen LogP contribution in [0.25, 0.3) is 0 Å². The van der Waals surface area contributed by atoms with Crippen LogP contribution in [0, 0.1) is 0 Å². The molecular weight excluding hydrogens is 308 g/mol. The molecular formula is C17H22N4O3. The van der Waals surface area contributed by atoms with E-state index in [0.717, 1.165) is 11.5 Å². The lowest BCUT2D eigenvalue weighted by Gasteiger charge is -2.23. The van der Waals surface area contributed by atoms with Gasteiger partial charge in [-0.25, -0.2) is 4.98 Å². The lowest BCUT2D eigenvalue weighted by Crippen LogP contribution is -2.33. The number of nitrogens with zero attached hydrogens (tertiary/aromatic N) is 2. The fourth-order valence-corrected chi connectivity index (χ4v) is 3.08. The monoisotopic (exact) mass is 330 g/mol. The van der Waals surface area contributed by atoms with Gasteiger partial charge in [0.15, 0.2) is 0 Å². The van der Waals surface area contributed by atoms with Gasteiger partial charge in [0.2, 0.25) is 5.56 Å². The first-order chi connectivity index (χ1) is 11.5. The SMILES string of the molecule is CO[C@@H]1CC(c2ncc[nH]2)N(C(=O)c2cc(C(C)C)[nH]c(=O)c2)C1. The van der Waals surface area contributed by atoms with Crippen LogP contribution in [0.5, 0.6) is 0 Å². The third kappa shape index (κ3) is 3.12. The number of rotatable bonds is 4. The van der Waals surface area contributed by atoms with Gasteiger partial charge in [0.05, 0.1) is 12.1 Å². The van der Waals surface area contributed by atoms with Gasteiger partial charge in [-0.1, -0.05) is 13.8 Å². The molecule has 1 aliphatic rings. The average Bonchev–Trinajstić information content (AvgIpc) is 3.22. The van der Waals surface area contributed by atoms with E-state index in [-0.39, 0.29) is 29.5 Å². The Morgan fingerprint density at radius 1 is 1.42 bits per heavy atom. The van der Waals surface area contributed by atoms with E-state index in [0.29, 0.717) is 18.5 Å². The number of likely N-dealkylation sites (tertiary alicyclic amines) is 1. The smallest absolute Gasteiger partial charge is 0.254 e. The highest BCUT2D eigenvalue weighted by Crippen LogP contribution is 2.32. The van der Waals surface area contributed by atoms with Crippen LogP contribution in [-0.2, 0) is 4.74 Å². The third-order valence-electron chi connectivity index (χ3n) is 4.43. The van der Waals surface area contributed by atoms with Crippen molar-refractivity contribution in [1.29, 1.82) is 0 Å². The first-order valence-corrected chi connectivity index (χ1v) is 8.07. The second-order valence-electron chi connectivity index (χ2n) is 6.38. The molecule has 0 bridgehead atoms. The van der Waals surface area contributed by atoms with Crippen molar-refractivity contribution in [2.75, 3.05) is 13.7 Å². The summed E-state index contributed by atoms with van der Waals surface area (Å²) in [5.41, 5.74) is 0.889. The number of pyridine rings is 1. The van der Waals surface area contributed by atoms with Crippen molar-refractivity contribution < 1.29 is 9.53 Å². The zero-order chi connectivity index (χ0) is 17.3. The van der Waals surface area contributed by atoms with Crippen LogP contribution in [0.2, 0.25) is 0 Å². The van der Waals surface area contributed by atoms with Crippen molar-refractivity contribution >= 4 is 5.91 Å². The lowest BCUT2D eigenvalue weighted by molar-refractivity contribution is 0.0684. The average molecular weight is 330 g/mol. The maximum Gasteiger partial charge on any atom is 0.254 e. The number of H-pyrrole nitrogens is 2. The minimum atomic E-state index is -0.262. The molecule has 0 aromatic carbocycles. The Labute approximate surface area is 140 Å². The van der Waals surface area contributed by atoms with Gasteiger partial charge in [-0.3, -0.25) is 9.59 Å².